The Morgan fingerprint density at radius 2 is 1.97 bits per heavy atom. The largest absolute Gasteiger partial charge is 0.454 e. The monoisotopic (exact) mass is 401 g/mol. The number of carbonyl (C=O) groups excluding carboxylic acids is 4. The topological polar surface area (TPSA) is 105 Å². The van der Waals surface area contributed by atoms with E-state index in [0.717, 1.165) is 36.1 Å². The summed E-state index contributed by atoms with van der Waals surface area (Å²) in [5.41, 5.74) is 0.830. The Kier molecular flexibility index (Phi) is 6.20. The number of urea groups is 1. The van der Waals surface area contributed by atoms with Crippen LogP contribution in [0, 0.1) is 5.92 Å². The molecular formula is C21H27N3O5. The molecule has 1 aliphatic heterocycles. The third-order valence-electron chi connectivity index (χ3n) is 5.80. The van der Waals surface area contributed by atoms with Gasteiger partial charge < -0.3 is 15.4 Å². The molecule has 2 N–H and O–H groups in total. The third kappa shape index (κ3) is 4.41. The number of esters is 1. The molecule has 1 spiro atoms. The lowest BCUT2D eigenvalue weighted by Gasteiger charge is -2.36. The maximum Gasteiger partial charge on any atom is 0.326 e. The lowest BCUT2D eigenvalue weighted by Crippen LogP contribution is -2.54. The van der Waals surface area contributed by atoms with Crippen molar-refractivity contribution in [2.75, 3.05) is 18.5 Å². The molecule has 0 bridgehead atoms. The van der Waals surface area contributed by atoms with E-state index in [1.165, 1.54) is 0 Å². The number of hydrogen-bond donors (Lipinski definition) is 2. The lowest BCUT2D eigenvalue weighted by atomic mass is 9.73. The highest BCUT2D eigenvalue weighted by Crippen LogP contribution is 2.38. The summed E-state index contributed by atoms with van der Waals surface area (Å²) in [5.74, 6) is -1.66. The molecule has 2 fully saturated rings. The number of anilines is 1. The van der Waals surface area contributed by atoms with Crippen LogP contribution in [0.25, 0.3) is 0 Å². The van der Waals surface area contributed by atoms with E-state index in [4.69, 9.17) is 4.74 Å². The Hall–Kier alpha value is -2.90. The number of nitrogens with zero attached hydrogens (tertiary/aromatic N) is 1. The lowest BCUT2D eigenvalue weighted by molar-refractivity contribution is -0.150. The van der Waals surface area contributed by atoms with Crippen molar-refractivity contribution in [1.82, 2.24) is 10.2 Å². The fraction of sp³-hybridized carbons (Fsp3) is 0.524. The number of amides is 4. The standard InChI is InChI=1S/C21H27N3O5/c1-3-15-7-9-16(10-8-15)22-17(25)13-29-18(26)12-24-19(27)21(23-20(24)28)11-5-4-6-14(21)2/h7-10,14H,3-6,11-13H2,1-2H3,(H,22,25)(H,23,28)/t14-,21-/m0/s1. The summed E-state index contributed by atoms with van der Waals surface area (Å²) in [5, 5.41) is 5.42. The van der Waals surface area contributed by atoms with Crippen LogP contribution < -0.4 is 10.6 Å². The van der Waals surface area contributed by atoms with Crippen molar-refractivity contribution in [1.29, 1.82) is 0 Å². The number of nitrogens with one attached hydrogen (secondary N) is 2. The molecule has 8 nitrogen and oxygen atoms in total. The summed E-state index contributed by atoms with van der Waals surface area (Å²) in [6, 6.07) is 6.77. The van der Waals surface area contributed by atoms with Gasteiger partial charge in [-0.05, 0) is 42.9 Å². The molecule has 0 aromatic heterocycles. The average molecular weight is 401 g/mol. The molecule has 1 saturated carbocycles. The number of hydrogen-bond acceptors (Lipinski definition) is 5. The van der Waals surface area contributed by atoms with Crippen LogP contribution in [0.1, 0.15) is 45.1 Å². The van der Waals surface area contributed by atoms with Crippen LogP contribution in [-0.2, 0) is 25.5 Å². The minimum atomic E-state index is -0.919. The molecule has 0 radical (unpaired) electrons. The van der Waals surface area contributed by atoms with Crippen molar-refractivity contribution >= 4 is 29.5 Å². The molecule has 156 valence electrons. The van der Waals surface area contributed by atoms with Gasteiger partial charge in [0.2, 0.25) is 0 Å². The Balaban J connectivity index is 1.50. The summed E-state index contributed by atoms with van der Waals surface area (Å²) >= 11 is 0. The number of ether oxygens (including phenoxy) is 1. The van der Waals surface area contributed by atoms with Gasteiger partial charge in [-0.3, -0.25) is 19.3 Å². The van der Waals surface area contributed by atoms with Gasteiger partial charge in [-0.15, -0.1) is 0 Å². The third-order valence-corrected chi connectivity index (χ3v) is 5.80. The molecule has 2 aliphatic rings. The molecule has 1 aromatic carbocycles. The minimum absolute atomic E-state index is 0.0126. The fourth-order valence-electron chi connectivity index (χ4n) is 3.98. The van der Waals surface area contributed by atoms with Gasteiger partial charge in [0.05, 0.1) is 0 Å². The van der Waals surface area contributed by atoms with Gasteiger partial charge in [-0.25, -0.2) is 4.79 Å². The van der Waals surface area contributed by atoms with E-state index >= 15 is 0 Å². The predicted molar refractivity (Wildman–Crippen MR) is 106 cm³/mol. The summed E-state index contributed by atoms with van der Waals surface area (Å²) in [6.45, 7) is 2.99. The summed E-state index contributed by atoms with van der Waals surface area (Å²) in [4.78, 5) is 50.1. The van der Waals surface area contributed by atoms with Crippen molar-refractivity contribution in [2.45, 2.75) is 51.5 Å². The van der Waals surface area contributed by atoms with Crippen LogP contribution in [0.2, 0.25) is 0 Å². The zero-order valence-corrected chi connectivity index (χ0v) is 16.8. The van der Waals surface area contributed by atoms with Crippen LogP contribution >= 0.6 is 0 Å². The van der Waals surface area contributed by atoms with Crippen LogP contribution in [-0.4, -0.2) is 47.4 Å². The first-order valence-electron chi connectivity index (χ1n) is 10.0. The summed E-state index contributed by atoms with van der Waals surface area (Å²) in [7, 11) is 0. The molecule has 4 amide bonds. The van der Waals surface area contributed by atoms with Crippen LogP contribution in [0.5, 0.6) is 0 Å². The van der Waals surface area contributed by atoms with Crippen LogP contribution in [0.15, 0.2) is 24.3 Å². The number of rotatable bonds is 6. The zero-order valence-electron chi connectivity index (χ0n) is 16.8. The van der Waals surface area contributed by atoms with E-state index in [-0.39, 0.29) is 11.8 Å². The van der Waals surface area contributed by atoms with E-state index < -0.39 is 36.6 Å². The van der Waals surface area contributed by atoms with E-state index in [1.54, 1.807) is 12.1 Å². The molecule has 8 heteroatoms. The van der Waals surface area contributed by atoms with E-state index in [1.807, 2.05) is 26.0 Å². The fourth-order valence-corrected chi connectivity index (χ4v) is 3.98. The van der Waals surface area contributed by atoms with Crippen molar-refractivity contribution in [2.24, 2.45) is 5.92 Å². The molecule has 2 atom stereocenters. The predicted octanol–water partition coefficient (Wildman–Crippen LogP) is 2.23. The molecular weight excluding hydrogens is 374 g/mol. The summed E-state index contributed by atoms with van der Waals surface area (Å²) < 4.78 is 4.96. The normalized spacial score (nSPS) is 23.8. The number of carbonyl (C=O) groups is 4. The number of imide groups is 1. The maximum absolute atomic E-state index is 12.8. The molecule has 1 heterocycles. The molecule has 1 aliphatic carbocycles. The van der Waals surface area contributed by atoms with Gasteiger partial charge in [0, 0.05) is 5.69 Å². The highest BCUT2D eigenvalue weighted by atomic mass is 16.5. The van der Waals surface area contributed by atoms with Crippen LogP contribution in [0.4, 0.5) is 10.5 Å². The van der Waals surface area contributed by atoms with Gasteiger partial charge in [-0.2, -0.15) is 0 Å². The Morgan fingerprint density at radius 1 is 1.24 bits per heavy atom. The second-order valence-corrected chi connectivity index (χ2v) is 7.70. The van der Waals surface area contributed by atoms with Gasteiger partial charge in [-0.1, -0.05) is 38.8 Å². The van der Waals surface area contributed by atoms with Crippen molar-refractivity contribution < 1.29 is 23.9 Å². The minimum Gasteiger partial charge on any atom is -0.454 e. The molecule has 3 rings (SSSR count). The first kappa shape index (κ1) is 20.8. The van der Waals surface area contributed by atoms with E-state index in [9.17, 15) is 19.2 Å². The van der Waals surface area contributed by atoms with Gasteiger partial charge in [0.1, 0.15) is 12.1 Å². The highest BCUT2D eigenvalue weighted by Gasteiger charge is 2.55. The highest BCUT2D eigenvalue weighted by molar-refractivity contribution is 6.09. The van der Waals surface area contributed by atoms with Gasteiger partial charge in [0.15, 0.2) is 6.61 Å². The second kappa shape index (κ2) is 8.63. The Labute approximate surface area is 170 Å². The van der Waals surface area contributed by atoms with Gasteiger partial charge in [0.25, 0.3) is 11.8 Å². The molecule has 0 unspecified atom stereocenters. The molecule has 1 saturated heterocycles. The quantitative estimate of drug-likeness (QED) is 0.562. The van der Waals surface area contributed by atoms with Crippen molar-refractivity contribution in [3.05, 3.63) is 29.8 Å². The first-order valence-corrected chi connectivity index (χ1v) is 10.0. The zero-order chi connectivity index (χ0) is 21.0. The van der Waals surface area contributed by atoms with Crippen LogP contribution in [0.3, 0.4) is 0 Å². The Morgan fingerprint density at radius 3 is 2.62 bits per heavy atom. The second-order valence-electron chi connectivity index (χ2n) is 7.70. The number of benzene rings is 1. The summed E-state index contributed by atoms with van der Waals surface area (Å²) in [6.07, 6.45) is 4.19. The van der Waals surface area contributed by atoms with E-state index in [2.05, 4.69) is 10.6 Å². The maximum atomic E-state index is 12.8. The smallest absolute Gasteiger partial charge is 0.326 e. The molecule has 29 heavy (non-hydrogen) atoms. The molecule has 1 aromatic rings. The average Bonchev–Trinajstić information content (AvgIpc) is 2.94. The SMILES string of the molecule is CCc1ccc(NC(=O)COC(=O)CN2C(=O)N[C@]3(CCCC[C@@H]3C)C2=O)cc1. The first-order chi connectivity index (χ1) is 13.9. The Bertz CT molecular complexity index is 807. The number of aryl methyl sites for hydroxylation is 1. The van der Waals surface area contributed by atoms with Crippen molar-refractivity contribution in [3.63, 3.8) is 0 Å². The van der Waals surface area contributed by atoms with E-state index in [0.29, 0.717) is 12.1 Å². The van der Waals surface area contributed by atoms with Gasteiger partial charge >= 0.3 is 12.0 Å². The van der Waals surface area contributed by atoms with Crippen molar-refractivity contribution in [3.8, 4) is 0 Å².